The molecular weight excluding hydrogens is 679 g/mol. The van der Waals surface area contributed by atoms with Gasteiger partial charge in [0.1, 0.15) is 17.1 Å². The zero-order chi connectivity index (χ0) is 41.6. The quantitative estimate of drug-likeness (QED) is 0.123. The number of amides is 1. The van der Waals surface area contributed by atoms with Gasteiger partial charge in [-0.25, -0.2) is 4.98 Å². The summed E-state index contributed by atoms with van der Waals surface area (Å²) in [4.78, 5) is 41.3. The van der Waals surface area contributed by atoms with Gasteiger partial charge in [-0.05, 0) is 39.8 Å². The van der Waals surface area contributed by atoms with Crippen molar-refractivity contribution in [2.24, 2.45) is 0 Å². The third-order valence-corrected chi connectivity index (χ3v) is 8.81. The standard InChI is InChI=1S/C14H16N4O3.C10H10N2O4.B18/c1-14(2)8-17(7-10-6-15-9-16-10)12-5-11(18(19)20)3-4-13(12)21-14;1-10(2)9(13)11-7-5-6(12(14)15)3-4-8(7)16-10;1-11(2)16(12(3)4)18(15(9)10)17(13(5)6)14(7)8/h3-6,9H,7-8H2,1-2H3,(H,15,16);3-5H,1-2H3,(H,11,13);. The number of aromatic nitrogens is 2. The Hall–Kier alpha value is -3.51. The largest absolute Gasteiger partial charge is 0.484 e. The number of non-ortho nitro benzene ring substituents is 2. The van der Waals surface area contributed by atoms with Gasteiger partial charge in [-0.15, -0.1) is 0 Å². The van der Waals surface area contributed by atoms with Gasteiger partial charge >= 0.3 is 0 Å². The summed E-state index contributed by atoms with van der Waals surface area (Å²) in [5.74, 6) is 0.784. The van der Waals surface area contributed by atoms with Gasteiger partial charge < -0.3 is 24.7 Å². The number of carbonyl (C=O) groups excluding carboxylic acids is 1. The van der Waals surface area contributed by atoms with Gasteiger partial charge in [0.15, 0.2) is 5.60 Å². The Kier molecular flexibility index (Phi) is 15.9. The summed E-state index contributed by atoms with van der Waals surface area (Å²) < 4.78 is 11.3. The maximum absolute atomic E-state index is 11.6. The van der Waals surface area contributed by atoms with Gasteiger partial charge in [0.2, 0.25) is 0 Å². The number of fused-ring (bicyclic) bond motifs is 2. The molecule has 31 heteroatoms. The number of nitro groups is 2. The first-order valence-electron chi connectivity index (χ1n) is 17.0. The molecule has 2 N–H and O–H groups in total. The molecule has 3 aromatic rings. The van der Waals surface area contributed by atoms with Crippen LogP contribution in [-0.2, 0) is 11.3 Å². The molecule has 3 heterocycles. The third kappa shape index (κ3) is 12.2. The number of benzene rings is 2. The molecule has 2 aliphatic rings. The van der Waals surface area contributed by atoms with Crippen LogP contribution in [0.1, 0.15) is 33.4 Å². The molecule has 0 atom stereocenters. The summed E-state index contributed by atoms with van der Waals surface area (Å²) in [6.07, 6.45) is -2.67. The van der Waals surface area contributed by atoms with Crippen molar-refractivity contribution in [2.75, 3.05) is 16.8 Å². The minimum absolute atomic E-state index is 0.0617. The Labute approximate surface area is 338 Å². The zero-order valence-electron chi connectivity index (χ0n) is 31.1. The van der Waals surface area contributed by atoms with E-state index in [2.05, 4.69) is 20.2 Å². The average Bonchev–Trinajstić information content (AvgIpc) is 3.57. The average molecular weight is 705 g/mol. The molecule has 5 rings (SSSR count). The number of ether oxygens (including phenoxy) is 2. The van der Waals surface area contributed by atoms with E-state index >= 15 is 0 Å². The van der Waals surface area contributed by atoms with Crippen LogP contribution < -0.4 is 19.7 Å². The van der Waals surface area contributed by atoms with Gasteiger partial charge in [-0.1, -0.05) is 0 Å². The number of nitrogens with zero attached hydrogens (tertiary/aromatic N) is 4. The van der Waals surface area contributed by atoms with Crippen molar-refractivity contribution in [3.63, 3.8) is 0 Å². The fourth-order valence-corrected chi connectivity index (χ4v) is 6.27. The number of rotatable bonds is 11. The summed E-state index contributed by atoms with van der Waals surface area (Å²) >= 11 is 0. The molecule has 248 valence electrons. The molecule has 2 aliphatic heterocycles. The van der Waals surface area contributed by atoms with E-state index in [1.54, 1.807) is 38.5 Å². The van der Waals surface area contributed by atoms with E-state index in [0.29, 0.717) is 30.3 Å². The van der Waals surface area contributed by atoms with E-state index in [1.807, 2.05) is 13.8 Å². The van der Waals surface area contributed by atoms with E-state index in [4.69, 9.17) is 86.8 Å². The van der Waals surface area contributed by atoms with Crippen molar-refractivity contribution >= 4 is 157 Å². The van der Waals surface area contributed by atoms with E-state index in [-0.39, 0.29) is 22.9 Å². The summed E-state index contributed by atoms with van der Waals surface area (Å²) in [6.45, 7) is 8.50. The molecule has 0 aliphatic carbocycles. The summed E-state index contributed by atoms with van der Waals surface area (Å²) in [6, 6.07) is 8.79. The lowest BCUT2D eigenvalue weighted by molar-refractivity contribution is -0.385. The molecule has 0 saturated carbocycles. The molecule has 0 fully saturated rings. The lowest BCUT2D eigenvalue weighted by Crippen LogP contribution is -2.78. The Bertz CT molecular complexity index is 1760. The normalized spacial score (nSPS) is 14.1. The number of carbonyl (C=O) groups is 1. The van der Waals surface area contributed by atoms with Crippen LogP contribution in [0.3, 0.4) is 0 Å². The van der Waals surface area contributed by atoms with Crippen molar-refractivity contribution in [3.05, 3.63) is 74.8 Å². The van der Waals surface area contributed by atoms with Crippen LogP contribution in [0.5, 0.6) is 11.5 Å². The molecule has 13 nitrogen and oxygen atoms in total. The lowest BCUT2D eigenvalue weighted by Gasteiger charge is -2.40. The first-order valence-corrected chi connectivity index (χ1v) is 17.0. The van der Waals surface area contributed by atoms with Crippen LogP contribution in [0, 0.1) is 20.2 Å². The molecule has 0 spiro atoms. The highest BCUT2D eigenvalue weighted by atomic mass is 16.6. The highest BCUT2D eigenvalue weighted by Crippen LogP contribution is 2.40. The molecule has 1 amide bonds. The number of hydrogen-bond donors (Lipinski definition) is 2. The van der Waals surface area contributed by atoms with E-state index < -0.39 is 66.5 Å². The molecule has 1 aromatic heterocycles. The Morgan fingerprint density at radius 3 is 1.71 bits per heavy atom. The van der Waals surface area contributed by atoms with Crippen molar-refractivity contribution in [3.8, 4) is 11.5 Å². The monoisotopic (exact) mass is 708 g/mol. The van der Waals surface area contributed by atoms with Crippen LogP contribution in [0.2, 0.25) is 0 Å². The Morgan fingerprint density at radius 2 is 1.25 bits per heavy atom. The second-order valence-corrected chi connectivity index (χ2v) is 14.3. The first-order chi connectivity index (χ1) is 25.4. The SMILES string of the molecule is CC1(C)CN(Cc2cnc[nH]2)c2cc([N+](=O)[O-])ccc2O1.CC1(C)Oc2ccc([N+](=O)[O-])cc2NC1=O.[B]B([B])B(B([B])[B])B(B([B])[B])B(B([B])[B])B([B])[B]. The maximum Gasteiger partial charge on any atom is 0.271 e. The molecule has 55 heavy (non-hydrogen) atoms. The number of nitro benzene ring substituents is 2. The van der Waals surface area contributed by atoms with Crippen molar-refractivity contribution < 1.29 is 24.1 Å². The predicted molar refractivity (Wildman–Crippen MR) is 237 cm³/mol. The van der Waals surface area contributed by atoms with Gasteiger partial charge in [-0.2, -0.15) is 0 Å². The van der Waals surface area contributed by atoms with Gasteiger partial charge in [0, 0.05) is 159 Å². The molecule has 20 radical (unpaired) electrons. The molecule has 0 bridgehead atoms. The summed E-state index contributed by atoms with van der Waals surface area (Å²) in [5.41, 5.74) is 0.683. The summed E-state index contributed by atoms with van der Waals surface area (Å²) in [5, 5.41) is 24.1. The molecular formula is C24H26B18N6O7. The fourth-order valence-electron chi connectivity index (χ4n) is 6.27. The van der Waals surface area contributed by atoms with Gasteiger partial charge in [-0.3, -0.25) is 25.0 Å². The minimum atomic E-state index is -0.955. The molecule has 0 saturated heterocycles. The third-order valence-electron chi connectivity index (χ3n) is 8.81. The number of H-pyrrole nitrogens is 1. The fraction of sp³-hybridized carbons (Fsp3) is 0.333. The van der Waals surface area contributed by atoms with E-state index in [0.717, 1.165) is 11.4 Å². The van der Waals surface area contributed by atoms with Crippen LogP contribution >= 0.6 is 0 Å². The zero-order valence-corrected chi connectivity index (χ0v) is 31.1. The Balaban J connectivity index is 0.000000224. The number of nitrogens with one attached hydrogen (secondary N) is 2. The van der Waals surface area contributed by atoms with Crippen molar-refractivity contribution in [1.29, 1.82) is 0 Å². The maximum atomic E-state index is 11.6. The van der Waals surface area contributed by atoms with Gasteiger partial charge in [0.05, 0.1) is 46.3 Å². The highest BCUT2D eigenvalue weighted by Gasteiger charge is 2.42. The first kappa shape index (κ1) is 45.9. The van der Waals surface area contributed by atoms with Crippen LogP contribution in [0.25, 0.3) is 0 Å². The van der Waals surface area contributed by atoms with Crippen molar-refractivity contribution in [1.82, 2.24) is 9.97 Å². The van der Waals surface area contributed by atoms with Crippen LogP contribution in [0.15, 0.2) is 48.9 Å². The second-order valence-electron chi connectivity index (χ2n) is 14.3. The topological polar surface area (TPSA) is 166 Å². The number of hydrogen-bond acceptors (Lipinski definition) is 9. The highest BCUT2D eigenvalue weighted by molar-refractivity contribution is 8.17. The number of aromatic amines is 1. The summed E-state index contributed by atoms with van der Waals surface area (Å²) in [7, 11) is 56.7. The number of imidazole rings is 1. The van der Waals surface area contributed by atoms with Crippen LogP contribution in [0.4, 0.5) is 22.7 Å². The van der Waals surface area contributed by atoms with E-state index in [1.165, 1.54) is 24.3 Å². The lowest BCUT2D eigenvalue weighted by atomic mass is 8.41. The molecule has 2 aromatic carbocycles. The second kappa shape index (κ2) is 19.1. The number of anilines is 2. The predicted octanol–water partition coefficient (Wildman–Crippen LogP) is -2.65. The van der Waals surface area contributed by atoms with E-state index in [9.17, 15) is 25.0 Å². The van der Waals surface area contributed by atoms with Crippen LogP contribution in [-0.4, -0.2) is 172 Å². The molecule has 0 unspecified atom stereocenters. The minimum Gasteiger partial charge on any atom is -0.484 e. The Morgan fingerprint density at radius 1 is 0.764 bits per heavy atom. The van der Waals surface area contributed by atoms with Gasteiger partial charge in [0.25, 0.3) is 17.3 Å². The van der Waals surface area contributed by atoms with Crippen molar-refractivity contribution in [2.45, 2.75) is 45.4 Å². The smallest absolute Gasteiger partial charge is 0.271 e.